The number of fused-ring (bicyclic) bond motifs is 1. The molecule has 0 aromatic carbocycles. The Hall–Kier alpha value is -0.123. The van der Waals surface area contributed by atoms with Crippen molar-refractivity contribution in [3.8, 4) is 0 Å². The first-order valence-electron chi connectivity index (χ1n) is 10.1. The quantitative estimate of drug-likeness (QED) is 0.513. The van der Waals surface area contributed by atoms with Crippen molar-refractivity contribution in [1.29, 1.82) is 0 Å². The lowest BCUT2D eigenvalue weighted by molar-refractivity contribution is 0.0149. The summed E-state index contributed by atoms with van der Waals surface area (Å²) in [5.74, 6) is 1.05. The second kappa shape index (κ2) is 6.24. The van der Waals surface area contributed by atoms with E-state index in [2.05, 4.69) is 46.9 Å². The molecule has 2 saturated carbocycles. The van der Waals surface area contributed by atoms with Gasteiger partial charge >= 0.3 is 0 Å². The van der Waals surface area contributed by atoms with Crippen LogP contribution in [-0.4, -0.2) is 25.6 Å². The molecule has 2 nitrogen and oxygen atoms in total. The molecule has 0 radical (unpaired) electrons. The van der Waals surface area contributed by atoms with E-state index in [1.807, 2.05) is 0 Å². The Morgan fingerprint density at radius 1 is 1.21 bits per heavy atom. The SMILES string of the molecule is C[C@@H]1CC23CCCCC(CCC=C2[C@H]1O)C3O[Si](C)(C)C(C)(C)C. The lowest BCUT2D eigenvalue weighted by Crippen LogP contribution is -2.51. The van der Waals surface area contributed by atoms with Crippen molar-refractivity contribution in [2.45, 2.75) is 103 Å². The van der Waals surface area contributed by atoms with Crippen molar-refractivity contribution in [2.24, 2.45) is 17.3 Å². The van der Waals surface area contributed by atoms with Gasteiger partial charge in [-0.25, -0.2) is 0 Å². The Morgan fingerprint density at radius 3 is 2.58 bits per heavy atom. The highest BCUT2D eigenvalue weighted by atomic mass is 28.4. The topological polar surface area (TPSA) is 29.5 Å². The molecule has 0 aromatic heterocycles. The fourth-order valence-corrected chi connectivity index (χ4v) is 6.71. The van der Waals surface area contributed by atoms with Crippen LogP contribution in [0.1, 0.15) is 72.6 Å². The highest BCUT2D eigenvalue weighted by Crippen LogP contribution is 2.59. The Balaban J connectivity index is 2.03. The second-order valence-electron chi connectivity index (χ2n) is 10.3. The summed E-state index contributed by atoms with van der Waals surface area (Å²) in [6, 6.07) is 0. The lowest BCUT2D eigenvalue weighted by Gasteiger charge is -2.48. The number of aliphatic hydroxyl groups is 1. The molecule has 1 N–H and O–H groups in total. The van der Waals surface area contributed by atoms with Crippen LogP contribution < -0.4 is 0 Å². The van der Waals surface area contributed by atoms with Gasteiger partial charge in [0.15, 0.2) is 8.32 Å². The van der Waals surface area contributed by atoms with Gasteiger partial charge in [-0.2, -0.15) is 0 Å². The molecular formula is C21H38O2Si. The zero-order valence-corrected chi connectivity index (χ0v) is 17.7. The predicted octanol–water partition coefficient (Wildman–Crippen LogP) is 5.67. The smallest absolute Gasteiger partial charge is 0.192 e. The summed E-state index contributed by atoms with van der Waals surface area (Å²) in [5.41, 5.74) is 1.47. The molecule has 3 aliphatic rings. The van der Waals surface area contributed by atoms with E-state index in [9.17, 15) is 5.11 Å². The maximum Gasteiger partial charge on any atom is 0.192 e. The van der Waals surface area contributed by atoms with Crippen LogP contribution in [0.3, 0.4) is 0 Å². The molecular weight excluding hydrogens is 312 g/mol. The largest absolute Gasteiger partial charge is 0.413 e. The third-order valence-corrected chi connectivity index (χ3v) is 12.1. The van der Waals surface area contributed by atoms with Crippen LogP contribution >= 0.6 is 0 Å². The summed E-state index contributed by atoms with van der Waals surface area (Å²) in [5, 5.41) is 11.1. The number of allylic oxidation sites excluding steroid dienone is 1. The van der Waals surface area contributed by atoms with E-state index in [0.29, 0.717) is 17.9 Å². The molecule has 3 rings (SSSR count). The van der Waals surface area contributed by atoms with E-state index < -0.39 is 8.32 Å². The summed E-state index contributed by atoms with van der Waals surface area (Å²) in [7, 11) is -1.82. The maximum atomic E-state index is 10.9. The molecule has 0 amide bonds. The van der Waals surface area contributed by atoms with Crippen LogP contribution in [0.4, 0.5) is 0 Å². The highest BCUT2D eigenvalue weighted by molar-refractivity contribution is 6.74. The van der Waals surface area contributed by atoms with Crippen molar-refractivity contribution < 1.29 is 9.53 Å². The first-order valence-corrected chi connectivity index (χ1v) is 13.1. The Labute approximate surface area is 150 Å². The van der Waals surface area contributed by atoms with Crippen LogP contribution in [0, 0.1) is 17.3 Å². The van der Waals surface area contributed by atoms with Gasteiger partial charge in [0.05, 0.1) is 12.2 Å². The minimum atomic E-state index is -1.82. The Bertz CT molecular complexity index is 504. The average Bonchev–Trinajstić information content (AvgIpc) is 2.60. The van der Waals surface area contributed by atoms with E-state index in [4.69, 9.17) is 4.43 Å². The van der Waals surface area contributed by atoms with E-state index in [1.165, 1.54) is 37.7 Å². The summed E-state index contributed by atoms with van der Waals surface area (Å²) < 4.78 is 7.16. The average molecular weight is 351 g/mol. The molecule has 24 heavy (non-hydrogen) atoms. The molecule has 0 heterocycles. The molecule has 1 spiro atoms. The molecule has 3 unspecified atom stereocenters. The Kier molecular flexibility index (Phi) is 4.85. The van der Waals surface area contributed by atoms with Crippen LogP contribution in [-0.2, 0) is 4.43 Å². The van der Waals surface area contributed by atoms with Crippen LogP contribution in [0.25, 0.3) is 0 Å². The minimum absolute atomic E-state index is 0.117. The van der Waals surface area contributed by atoms with Gasteiger partial charge in [-0.05, 0) is 67.6 Å². The molecule has 3 heteroatoms. The first-order chi connectivity index (χ1) is 11.1. The molecule has 5 atom stereocenters. The summed E-state index contributed by atoms with van der Waals surface area (Å²) in [6.45, 7) is 14.1. The van der Waals surface area contributed by atoms with E-state index >= 15 is 0 Å². The number of aliphatic hydroxyl groups excluding tert-OH is 1. The summed E-state index contributed by atoms with van der Waals surface area (Å²) in [6.07, 6.45) is 11.1. The fraction of sp³-hybridized carbons (Fsp3) is 0.905. The van der Waals surface area contributed by atoms with Gasteiger partial charge in [0.25, 0.3) is 0 Å². The van der Waals surface area contributed by atoms with Crippen molar-refractivity contribution in [3.63, 3.8) is 0 Å². The maximum absolute atomic E-state index is 10.9. The van der Waals surface area contributed by atoms with Crippen LogP contribution in [0.5, 0.6) is 0 Å². The molecule has 3 aliphatic carbocycles. The normalized spacial score (nSPS) is 40.5. The number of hydrogen-bond acceptors (Lipinski definition) is 2. The van der Waals surface area contributed by atoms with Gasteiger partial charge in [-0.3, -0.25) is 0 Å². The molecule has 2 bridgehead atoms. The van der Waals surface area contributed by atoms with Gasteiger partial charge < -0.3 is 9.53 Å². The van der Waals surface area contributed by atoms with Crippen molar-refractivity contribution in [2.75, 3.05) is 0 Å². The fourth-order valence-electron chi connectivity index (χ4n) is 5.30. The van der Waals surface area contributed by atoms with Crippen molar-refractivity contribution >= 4 is 8.32 Å². The minimum Gasteiger partial charge on any atom is -0.413 e. The lowest BCUT2D eigenvalue weighted by atomic mass is 9.71. The summed E-state index contributed by atoms with van der Waals surface area (Å²) >= 11 is 0. The standard InChI is InChI=1S/C21H38O2Si/c1-15-14-21-13-8-7-10-16(11-9-12-17(21)18(15)22)19(21)23-24(5,6)20(2,3)4/h12,15-16,18-19,22H,7-11,13-14H2,1-6H3/t15-,16?,18+,19?,21?/m1/s1. The van der Waals surface area contributed by atoms with Crippen LogP contribution in [0.2, 0.25) is 18.1 Å². The zero-order valence-electron chi connectivity index (χ0n) is 16.7. The molecule has 2 fully saturated rings. The zero-order chi connectivity index (χ0) is 17.8. The Morgan fingerprint density at radius 2 is 1.92 bits per heavy atom. The van der Waals surface area contributed by atoms with Crippen molar-refractivity contribution in [3.05, 3.63) is 11.6 Å². The predicted molar refractivity (Wildman–Crippen MR) is 104 cm³/mol. The monoisotopic (exact) mass is 350 g/mol. The first kappa shape index (κ1) is 18.7. The van der Waals surface area contributed by atoms with E-state index in [1.54, 1.807) is 0 Å². The van der Waals surface area contributed by atoms with E-state index in [-0.39, 0.29) is 16.6 Å². The van der Waals surface area contributed by atoms with Crippen LogP contribution in [0.15, 0.2) is 11.6 Å². The van der Waals surface area contributed by atoms with Gasteiger partial charge in [0, 0.05) is 5.41 Å². The molecule has 0 saturated heterocycles. The number of rotatable bonds is 2. The van der Waals surface area contributed by atoms with Gasteiger partial charge in [0.2, 0.25) is 0 Å². The van der Waals surface area contributed by atoms with Gasteiger partial charge in [-0.1, -0.05) is 46.6 Å². The van der Waals surface area contributed by atoms with Crippen molar-refractivity contribution in [1.82, 2.24) is 0 Å². The number of hydrogen-bond donors (Lipinski definition) is 1. The van der Waals surface area contributed by atoms with Gasteiger partial charge in [-0.15, -0.1) is 0 Å². The second-order valence-corrected chi connectivity index (χ2v) is 15.1. The molecule has 0 aromatic rings. The molecule has 138 valence electrons. The molecule has 0 aliphatic heterocycles. The van der Waals surface area contributed by atoms with E-state index in [0.717, 1.165) is 12.8 Å². The highest BCUT2D eigenvalue weighted by Gasteiger charge is 2.57. The third kappa shape index (κ3) is 2.95. The third-order valence-electron chi connectivity index (χ3n) is 7.67. The van der Waals surface area contributed by atoms with Gasteiger partial charge in [0.1, 0.15) is 0 Å². The summed E-state index contributed by atoms with van der Waals surface area (Å²) in [4.78, 5) is 0.